The number of fused-ring (bicyclic) bond motifs is 1. The zero-order valence-corrected chi connectivity index (χ0v) is 12.1. The Morgan fingerprint density at radius 3 is 2.95 bits per heavy atom. The maximum Gasteiger partial charge on any atom is 0.251 e. The average Bonchev–Trinajstić information content (AvgIpc) is 2.93. The second-order valence-corrected chi connectivity index (χ2v) is 4.82. The van der Waals surface area contributed by atoms with Crippen molar-refractivity contribution in [3.8, 4) is 0 Å². The Hall–Kier alpha value is -1.88. The summed E-state index contributed by atoms with van der Waals surface area (Å²) in [6.45, 7) is 7.97. The van der Waals surface area contributed by atoms with E-state index in [-0.39, 0.29) is 5.91 Å². The van der Waals surface area contributed by atoms with Gasteiger partial charge >= 0.3 is 0 Å². The van der Waals surface area contributed by atoms with Gasteiger partial charge in [0.15, 0.2) is 0 Å². The second-order valence-electron chi connectivity index (χ2n) is 4.82. The van der Waals surface area contributed by atoms with Crippen molar-refractivity contribution in [2.75, 3.05) is 26.2 Å². The number of aromatic nitrogens is 2. The van der Waals surface area contributed by atoms with Crippen molar-refractivity contribution in [1.29, 1.82) is 0 Å². The Kier molecular flexibility index (Phi) is 5.12. The fourth-order valence-corrected chi connectivity index (χ4v) is 2.25. The Balaban J connectivity index is 1.88. The van der Waals surface area contributed by atoms with Gasteiger partial charge in [-0.15, -0.1) is 0 Å². The van der Waals surface area contributed by atoms with E-state index in [2.05, 4.69) is 34.0 Å². The molecule has 0 aliphatic heterocycles. The van der Waals surface area contributed by atoms with E-state index in [1.165, 1.54) is 0 Å². The Labute approximate surface area is 119 Å². The predicted molar refractivity (Wildman–Crippen MR) is 80.8 cm³/mol. The topological polar surface area (TPSA) is 61.0 Å². The van der Waals surface area contributed by atoms with Crippen LogP contribution in [0, 0.1) is 0 Å². The lowest BCUT2D eigenvalue weighted by Gasteiger charge is -2.19. The van der Waals surface area contributed by atoms with Gasteiger partial charge in [0, 0.05) is 18.7 Å². The summed E-state index contributed by atoms with van der Waals surface area (Å²) in [5.74, 6) is -0.0333. The van der Waals surface area contributed by atoms with Gasteiger partial charge in [-0.1, -0.05) is 13.8 Å². The summed E-state index contributed by atoms with van der Waals surface area (Å²) in [6, 6.07) is 5.50. The maximum absolute atomic E-state index is 12.1. The first-order valence-electron chi connectivity index (χ1n) is 7.18. The number of hydrogen-bond donors (Lipinski definition) is 2. The van der Waals surface area contributed by atoms with Gasteiger partial charge < -0.3 is 15.2 Å². The molecule has 2 rings (SSSR count). The molecule has 0 spiro atoms. The summed E-state index contributed by atoms with van der Waals surface area (Å²) < 4.78 is 0. The van der Waals surface area contributed by atoms with Gasteiger partial charge in [-0.25, -0.2) is 4.98 Å². The van der Waals surface area contributed by atoms with E-state index in [1.54, 1.807) is 6.33 Å². The van der Waals surface area contributed by atoms with E-state index in [0.717, 1.165) is 37.1 Å². The van der Waals surface area contributed by atoms with Gasteiger partial charge in [-0.3, -0.25) is 4.79 Å². The molecule has 1 heterocycles. The van der Waals surface area contributed by atoms with Crippen molar-refractivity contribution in [1.82, 2.24) is 20.2 Å². The van der Waals surface area contributed by atoms with E-state index < -0.39 is 0 Å². The van der Waals surface area contributed by atoms with Crippen LogP contribution in [0.4, 0.5) is 0 Å². The highest BCUT2D eigenvalue weighted by molar-refractivity contribution is 5.97. The molecule has 0 unspecified atom stereocenters. The van der Waals surface area contributed by atoms with Crippen LogP contribution in [0.25, 0.3) is 11.0 Å². The molecular weight excluding hydrogens is 252 g/mol. The van der Waals surface area contributed by atoms with Crippen LogP contribution in [-0.4, -0.2) is 47.0 Å². The lowest BCUT2D eigenvalue weighted by Crippen LogP contribution is -2.35. The van der Waals surface area contributed by atoms with Gasteiger partial charge in [-0.05, 0) is 37.7 Å². The van der Waals surface area contributed by atoms with Gasteiger partial charge in [0.1, 0.15) is 0 Å². The predicted octanol–water partition coefficient (Wildman–Crippen LogP) is 2.02. The van der Waals surface area contributed by atoms with Gasteiger partial charge in [0.2, 0.25) is 0 Å². The molecule has 0 saturated carbocycles. The number of nitrogens with one attached hydrogen (secondary N) is 2. The smallest absolute Gasteiger partial charge is 0.251 e. The van der Waals surface area contributed by atoms with E-state index in [4.69, 9.17) is 0 Å². The molecule has 20 heavy (non-hydrogen) atoms. The standard InChI is InChI=1S/C15H22N4O/c1-3-8-19(4-2)9-7-16-15(20)12-5-6-13-14(10-12)18-11-17-13/h5-6,10-11H,3-4,7-9H2,1-2H3,(H,16,20)(H,17,18). The number of carbonyl (C=O) groups excluding carboxylic acids is 1. The molecule has 0 atom stereocenters. The van der Waals surface area contributed by atoms with Crippen LogP contribution in [0.2, 0.25) is 0 Å². The zero-order chi connectivity index (χ0) is 14.4. The molecule has 0 saturated heterocycles. The van der Waals surface area contributed by atoms with Crippen molar-refractivity contribution < 1.29 is 4.79 Å². The van der Waals surface area contributed by atoms with Gasteiger partial charge in [0.25, 0.3) is 5.91 Å². The SMILES string of the molecule is CCCN(CC)CCNC(=O)c1ccc2nc[nH]c2c1. The minimum absolute atomic E-state index is 0.0333. The first-order valence-corrected chi connectivity index (χ1v) is 7.18. The van der Waals surface area contributed by atoms with Crippen molar-refractivity contribution in [2.45, 2.75) is 20.3 Å². The third kappa shape index (κ3) is 3.57. The molecule has 1 aromatic carbocycles. The van der Waals surface area contributed by atoms with Crippen LogP contribution >= 0.6 is 0 Å². The van der Waals surface area contributed by atoms with Crippen molar-refractivity contribution in [3.63, 3.8) is 0 Å². The molecule has 2 N–H and O–H groups in total. The molecule has 108 valence electrons. The number of likely N-dealkylation sites (N-methyl/N-ethyl adjacent to an activating group) is 1. The fraction of sp³-hybridized carbons (Fsp3) is 0.467. The van der Waals surface area contributed by atoms with Crippen molar-refractivity contribution in [3.05, 3.63) is 30.1 Å². The van der Waals surface area contributed by atoms with Crippen LogP contribution in [0.3, 0.4) is 0 Å². The molecule has 0 aliphatic carbocycles. The number of carbonyl (C=O) groups is 1. The van der Waals surface area contributed by atoms with Crippen LogP contribution in [0.5, 0.6) is 0 Å². The molecule has 2 aromatic rings. The summed E-state index contributed by atoms with van der Waals surface area (Å²) in [4.78, 5) is 21.6. The van der Waals surface area contributed by atoms with Crippen molar-refractivity contribution >= 4 is 16.9 Å². The zero-order valence-electron chi connectivity index (χ0n) is 12.1. The second kappa shape index (κ2) is 7.05. The summed E-state index contributed by atoms with van der Waals surface area (Å²) in [6.07, 6.45) is 2.77. The summed E-state index contributed by atoms with van der Waals surface area (Å²) >= 11 is 0. The highest BCUT2D eigenvalue weighted by Gasteiger charge is 2.07. The number of rotatable bonds is 7. The Bertz CT molecular complexity index is 564. The van der Waals surface area contributed by atoms with Crippen LogP contribution in [0.15, 0.2) is 24.5 Å². The highest BCUT2D eigenvalue weighted by Crippen LogP contribution is 2.11. The number of H-pyrrole nitrogens is 1. The number of benzene rings is 1. The molecule has 0 aliphatic rings. The van der Waals surface area contributed by atoms with Crippen LogP contribution in [0.1, 0.15) is 30.6 Å². The van der Waals surface area contributed by atoms with Gasteiger partial charge in [-0.2, -0.15) is 0 Å². The maximum atomic E-state index is 12.1. The number of aromatic amines is 1. The summed E-state index contributed by atoms with van der Waals surface area (Å²) in [5.41, 5.74) is 2.43. The molecule has 5 heteroatoms. The molecule has 0 radical (unpaired) electrons. The number of imidazole rings is 1. The average molecular weight is 274 g/mol. The lowest BCUT2D eigenvalue weighted by molar-refractivity contribution is 0.0948. The third-order valence-corrected chi connectivity index (χ3v) is 3.38. The normalized spacial score (nSPS) is 11.2. The van der Waals surface area contributed by atoms with Gasteiger partial charge in [0.05, 0.1) is 17.4 Å². The molecule has 0 fully saturated rings. The molecular formula is C15H22N4O. The molecule has 1 aromatic heterocycles. The Morgan fingerprint density at radius 1 is 1.35 bits per heavy atom. The lowest BCUT2D eigenvalue weighted by atomic mass is 10.2. The summed E-state index contributed by atoms with van der Waals surface area (Å²) in [7, 11) is 0. The quantitative estimate of drug-likeness (QED) is 0.812. The highest BCUT2D eigenvalue weighted by atomic mass is 16.1. The first-order chi connectivity index (χ1) is 9.74. The fourth-order valence-electron chi connectivity index (χ4n) is 2.25. The molecule has 5 nitrogen and oxygen atoms in total. The molecule has 0 bridgehead atoms. The summed E-state index contributed by atoms with van der Waals surface area (Å²) in [5, 5.41) is 2.96. The largest absolute Gasteiger partial charge is 0.351 e. The van der Waals surface area contributed by atoms with Crippen LogP contribution in [-0.2, 0) is 0 Å². The minimum atomic E-state index is -0.0333. The van der Waals surface area contributed by atoms with Crippen molar-refractivity contribution in [2.24, 2.45) is 0 Å². The first kappa shape index (κ1) is 14.5. The van der Waals surface area contributed by atoms with E-state index in [1.807, 2.05) is 18.2 Å². The minimum Gasteiger partial charge on any atom is -0.351 e. The number of nitrogens with zero attached hydrogens (tertiary/aromatic N) is 2. The van der Waals surface area contributed by atoms with E-state index in [0.29, 0.717) is 12.1 Å². The third-order valence-electron chi connectivity index (χ3n) is 3.38. The monoisotopic (exact) mass is 274 g/mol. The number of hydrogen-bond acceptors (Lipinski definition) is 3. The van der Waals surface area contributed by atoms with E-state index >= 15 is 0 Å². The Morgan fingerprint density at radius 2 is 2.20 bits per heavy atom. The van der Waals surface area contributed by atoms with Crippen LogP contribution < -0.4 is 5.32 Å². The van der Waals surface area contributed by atoms with E-state index in [9.17, 15) is 4.79 Å². The number of amides is 1. The molecule has 1 amide bonds.